The van der Waals surface area contributed by atoms with Crippen LogP contribution in [0.3, 0.4) is 0 Å². The Bertz CT molecular complexity index is 570. The van der Waals surface area contributed by atoms with Gasteiger partial charge in [0.25, 0.3) is 17.5 Å². The Morgan fingerprint density at radius 2 is 1.95 bits per heavy atom. The molecular formula is C14H18N4O4. The van der Waals surface area contributed by atoms with Crippen molar-refractivity contribution < 1.29 is 14.5 Å². The van der Waals surface area contributed by atoms with Gasteiger partial charge >= 0.3 is 0 Å². The number of hydrazine groups is 1. The summed E-state index contributed by atoms with van der Waals surface area (Å²) >= 11 is 0. The molecule has 0 radical (unpaired) electrons. The number of nitro groups is 1. The second-order valence-corrected chi connectivity index (χ2v) is 5.07. The zero-order chi connectivity index (χ0) is 15.9. The fourth-order valence-electron chi connectivity index (χ4n) is 2.24. The molecule has 8 nitrogen and oxygen atoms in total. The van der Waals surface area contributed by atoms with Crippen LogP contribution < -0.4 is 10.7 Å². The van der Waals surface area contributed by atoms with Crippen molar-refractivity contribution in [3.8, 4) is 0 Å². The molecule has 1 aromatic carbocycles. The molecule has 1 aliphatic rings. The average Bonchev–Trinajstić information content (AvgIpc) is 2.53. The van der Waals surface area contributed by atoms with Crippen LogP contribution in [0.2, 0.25) is 0 Å². The highest BCUT2D eigenvalue weighted by molar-refractivity contribution is 5.96. The van der Waals surface area contributed by atoms with Crippen molar-refractivity contribution in [3.05, 3.63) is 39.9 Å². The molecule has 22 heavy (non-hydrogen) atoms. The molecule has 0 atom stereocenters. The van der Waals surface area contributed by atoms with E-state index in [-0.39, 0.29) is 23.7 Å². The summed E-state index contributed by atoms with van der Waals surface area (Å²) in [4.78, 5) is 33.7. The van der Waals surface area contributed by atoms with Crippen LogP contribution in [-0.4, -0.2) is 41.4 Å². The molecule has 2 rings (SSSR count). The second kappa shape index (κ2) is 7.51. The molecule has 0 saturated carbocycles. The summed E-state index contributed by atoms with van der Waals surface area (Å²) in [5.74, 6) is -0.821. The maximum Gasteiger partial charge on any atom is 0.270 e. The molecule has 2 amide bonds. The number of carbonyl (C=O) groups is 2. The molecule has 0 aliphatic carbocycles. The molecule has 1 aliphatic heterocycles. The van der Waals surface area contributed by atoms with E-state index < -0.39 is 10.8 Å². The van der Waals surface area contributed by atoms with E-state index in [9.17, 15) is 19.7 Å². The normalized spacial score (nSPS) is 15.1. The summed E-state index contributed by atoms with van der Waals surface area (Å²) in [5.41, 5.74) is 2.72. The van der Waals surface area contributed by atoms with Gasteiger partial charge in [0.2, 0.25) is 0 Å². The van der Waals surface area contributed by atoms with Crippen molar-refractivity contribution in [2.75, 3.05) is 19.6 Å². The van der Waals surface area contributed by atoms with E-state index in [1.165, 1.54) is 24.3 Å². The third-order valence-electron chi connectivity index (χ3n) is 3.37. The number of nitrogens with zero attached hydrogens (tertiary/aromatic N) is 2. The second-order valence-electron chi connectivity index (χ2n) is 5.07. The lowest BCUT2D eigenvalue weighted by atomic mass is 10.2. The highest BCUT2D eigenvalue weighted by Gasteiger charge is 2.15. The summed E-state index contributed by atoms with van der Waals surface area (Å²) in [7, 11) is 0. The van der Waals surface area contributed by atoms with Crippen molar-refractivity contribution in [3.63, 3.8) is 0 Å². The highest BCUT2D eigenvalue weighted by Crippen LogP contribution is 2.12. The maximum absolute atomic E-state index is 11.9. The van der Waals surface area contributed by atoms with E-state index in [1.54, 1.807) is 0 Å². The van der Waals surface area contributed by atoms with Crippen LogP contribution in [0, 0.1) is 10.1 Å². The van der Waals surface area contributed by atoms with Gasteiger partial charge in [-0.05, 0) is 18.9 Å². The number of nitrogens with one attached hydrogen (secondary N) is 2. The third kappa shape index (κ3) is 4.52. The number of piperidine rings is 1. The first-order chi connectivity index (χ1) is 10.6. The molecule has 2 N–H and O–H groups in total. The Hall–Kier alpha value is -2.48. The van der Waals surface area contributed by atoms with E-state index in [4.69, 9.17) is 0 Å². The van der Waals surface area contributed by atoms with Crippen LogP contribution in [-0.2, 0) is 4.79 Å². The number of carbonyl (C=O) groups excluding carboxylic acids is 2. The number of hydrogen-bond acceptors (Lipinski definition) is 5. The van der Waals surface area contributed by atoms with Crippen LogP contribution in [0.5, 0.6) is 0 Å². The van der Waals surface area contributed by atoms with E-state index in [0.717, 1.165) is 32.4 Å². The van der Waals surface area contributed by atoms with E-state index in [2.05, 4.69) is 10.7 Å². The minimum Gasteiger partial charge on any atom is -0.343 e. The first-order valence-electron chi connectivity index (χ1n) is 7.13. The fraction of sp³-hybridized carbons (Fsp3) is 0.429. The quantitative estimate of drug-likeness (QED) is 0.619. The monoisotopic (exact) mass is 306 g/mol. The lowest BCUT2D eigenvalue weighted by molar-refractivity contribution is -0.384. The number of benzene rings is 1. The smallest absolute Gasteiger partial charge is 0.270 e. The Morgan fingerprint density at radius 1 is 1.23 bits per heavy atom. The molecule has 1 heterocycles. The molecule has 0 spiro atoms. The predicted molar refractivity (Wildman–Crippen MR) is 79.0 cm³/mol. The van der Waals surface area contributed by atoms with Gasteiger partial charge in [0.1, 0.15) is 0 Å². The van der Waals surface area contributed by atoms with E-state index in [0.29, 0.717) is 0 Å². The molecule has 0 aromatic heterocycles. The van der Waals surface area contributed by atoms with Crippen molar-refractivity contribution in [2.45, 2.75) is 19.3 Å². The minimum absolute atomic E-state index is 0.153. The summed E-state index contributed by atoms with van der Waals surface area (Å²) in [5, 5.41) is 15.0. The Labute approximate surface area is 127 Å². The third-order valence-corrected chi connectivity index (χ3v) is 3.37. The molecule has 0 bridgehead atoms. The van der Waals surface area contributed by atoms with Crippen molar-refractivity contribution in [1.82, 2.24) is 15.8 Å². The summed E-state index contributed by atoms with van der Waals surface area (Å²) < 4.78 is 0. The molecule has 0 unspecified atom stereocenters. The van der Waals surface area contributed by atoms with Crippen LogP contribution >= 0.6 is 0 Å². The molecule has 118 valence electrons. The van der Waals surface area contributed by atoms with Gasteiger partial charge in [0.15, 0.2) is 0 Å². The maximum atomic E-state index is 11.9. The van der Waals surface area contributed by atoms with Crippen LogP contribution in [0.1, 0.15) is 29.6 Å². The molecule has 8 heteroatoms. The highest BCUT2D eigenvalue weighted by atomic mass is 16.6. The number of non-ortho nitro benzene ring substituents is 1. The topological polar surface area (TPSA) is 105 Å². The standard InChI is InChI=1S/C14H18N4O4/c19-13(16-17-7-2-1-3-8-17)10-15-14(20)11-5-4-6-12(9-11)18(21)22/h4-6,9H,1-3,7-8,10H2,(H,15,20)(H,16,19). The predicted octanol–water partition coefficient (Wildman–Crippen LogP) is 0.842. The van der Waals surface area contributed by atoms with Gasteiger partial charge in [-0.25, -0.2) is 5.01 Å². The summed E-state index contributed by atoms with van der Waals surface area (Å²) in [6.45, 7) is 1.45. The number of rotatable bonds is 5. The van der Waals surface area contributed by atoms with Gasteiger partial charge in [-0.1, -0.05) is 12.5 Å². The minimum atomic E-state index is -0.570. The SMILES string of the molecule is O=C(CNC(=O)c1cccc([N+](=O)[O-])c1)NN1CCCCC1. The van der Waals surface area contributed by atoms with Gasteiger partial charge in [0, 0.05) is 30.8 Å². The van der Waals surface area contributed by atoms with Crippen molar-refractivity contribution in [2.24, 2.45) is 0 Å². The van der Waals surface area contributed by atoms with E-state index >= 15 is 0 Å². The number of nitro benzene ring substituents is 1. The summed E-state index contributed by atoms with van der Waals surface area (Å²) in [6, 6.07) is 5.38. The van der Waals surface area contributed by atoms with Crippen molar-refractivity contribution >= 4 is 17.5 Å². The number of amides is 2. The Balaban J connectivity index is 1.82. The van der Waals surface area contributed by atoms with Gasteiger partial charge in [-0.15, -0.1) is 0 Å². The van der Waals surface area contributed by atoms with Crippen LogP contribution in [0.25, 0.3) is 0 Å². The van der Waals surface area contributed by atoms with Crippen LogP contribution in [0.15, 0.2) is 24.3 Å². The molecule has 1 saturated heterocycles. The average molecular weight is 306 g/mol. The molecular weight excluding hydrogens is 288 g/mol. The van der Waals surface area contributed by atoms with Crippen LogP contribution in [0.4, 0.5) is 5.69 Å². The summed E-state index contributed by atoms with van der Waals surface area (Å²) in [6.07, 6.45) is 3.25. The fourth-order valence-corrected chi connectivity index (χ4v) is 2.24. The van der Waals surface area contributed by atoms with E-state index in [1.807, 2.05) is 5.01 Å². The van der Waals surface area contributed by atoms with Crippen molar-refractivity contribution in [1.29, 1.82) is 0 Å². The lowest BCUT2D eigenvalue weighted by Gasteiger charge is -2.26. The first kappa shape index (κ1) is 15.9. The van der Waals surface area contributed by atoms with Gasteiger partial charge in [0.05, 0.1) is 11.5 Å². The van der Waals surface area contributed by atoms with Gasteiger partial charge < -0.3 is 5.32 Å². The van der Waals surface area contributed by atoms with Gasteiger partial charge in [-0.3, -0.25) is 25.1 Å². The Kier molecular flexibility index (Phi) is 5.42. The zero-order valence-electron chi connectivity index (χ0n) is 12.1. The zero-order valence-corrected chi connectivity index (χ0v) is 12.1. The van der Waals surface area contributed by atoms with Gasteiger partial charge in [-0.2, -0.15) is 0 Å². The Morgan fingerprint density at radius 3 is 2.64 bits per heavy atom. The largest absolute Gasteiger partial charge is 0.343 e. The first-order valence-corrected chi connectivity index (χ1v) is 7.13. The molecule has 1 aromatic rings. The lowest BCUT2D eigenvalue weighted by Crippen LogP contribution is -2.48. The molecule has 1 fully saturated rings. The number of hydrogen-bond donors (Lipinski definition) is 2.